The lowest BCUT2D eigenvalue weighted by molar-refractivity contribution is -0.137. The van der Waals surface area contributed by atoms with Crippen LogP contribution in [0.15, 0.2) is 42.7 Å². The van der Waals surface area contributed by atoms with E-state index in [1.165, 1.54) is 6.07 Å². The van der Waals surface area contributed by atoms with Crippen LogP contribution in [0.3, 0.4) is 0 Å². The summed E-state index contributed by atoms with van der Waals surface area (Å²) in [4.78, 5) is 24.2. The minimum atomic E-state index is -4.46. The van der Waals surface area contributed by atoms with Crippen LogP contribution in [0, 0.1) is 6.92 Å². The molecule has 7 nitrogen and oxygen atoms in total. The standard InChI is InChI=1S/C24H20F3N5O2/c1-12-21-22(28)30-17-7-2-13(8-18(17)31(21)11-29-12)23(33)32(15-4-5-15)19-10-34-20-9-14(24(25,26)27)3-6-16(19)20/h2-3,6-9,11,15,19H,4-5,10H2,1H3,(H2,28,30). The molecule has 2 aromatic carbocycles. The van der Waals surface area contributed by atoms with Crippen LogP contribution in [0.5, 0.6) is 5.75 Å². The monoisotopic (exact) mass is 467 g/mol. The molecule has 34 heavy (non-hydrogen) atoms. The van der Waals surface area contributed by atoms with Crippen molar-refractivity contribution in [3.05, 3.63) is 65.1 Å². The molecule has 174 valence electrons. The minimum Gasteiger partial charge on any atom is -0.491 e. The van der Waals surface area contributed by atoms with Crippen molar-refractivity contribution in [1.29, 1.82) is 0 Å². The maximum atomic E-state index is 13.7. The number of nitrogens with zero attached hydrogens (tertiary/aromatic N) is 4. The predicted octanol–water partition coefficient (Wildman–Crippen LogP) is 4.53. The summed E-state index contributed by atoms with van der Waals surface area (Å²) in [5, 5.41) is 0. The lowest BCUT2D eigenvalue weighted by Crippen LogP contribution is -2.37. The molecule has 0 radical (unpaired) electrons. The number of anilines is 1. The number of carbonyl (C=O) groups excluding carboxylic acids is 1. The molecule has 10 heteroatoms. The van der Waals surface area contributed by atoms with Gasteiger partial charge in [0.15, 0.2) is 0 Å². The van der Waals surface area contributed by atoms with Crippen LogP contribution in [-0.2, 0) is 6.18 Å². The molecule has 1 aliphatic carbocycles. The quantitative estimate of drug-likeness (QED) is 0.479. The lowest BCUT2D eigenvalue weighted by atomic mass is 10.0. The topological polar surface area (TPSA) is 85.8 Å². The average molecular weight is 467 g/mol. The van der Waals surface area contributed by atoms with Crippen molar-refractivity contribution in [2.75, 3.05) is 12.3 Å². The molecule has 1 amide bonds. The van der Waals surface area contributed by atoms with Gasteiger partial charge < -0.3 is 15.4 Å². The first-order valence-electron chi connectivity index (χ1n) is 10.9. The molecule has 0 saturated heterocycles. The van der Waals surface area contributed by atoms with Gasteiger partial charge in [0.1, 0.15) is 30.0 Å². The number of benzene rings is 2. The Morgan fingerprint density at radius 1 is 1.21 bits per heavy atom. The van der Waals surface area contributed by atoms with Gasteiger partial charge in [-0.05, 0) is 50.1 Å². The van der Waals surface area contributed by atoms with Gasteiger partial charge in [0.25, 0.3) is 5.91 Å². The molecule has 2 aromatic heterocycles. The highest BCUT2D eigenvalue weighted by atomic mass is 19.4. The van der Waals surface area contributed by atoms with Crippen molar-refractivity contribution in [3.8, 4) is 5.75 Å². The highest BCUT2D eigenvalue weighted by Crippen LogP contribution is 2.44. The van der Waals surface area contributed by atoms with Gasteiger partial charge in [-0.15, -0.1) is 0 Å². The van der Waals surface area contributed by atoms with E-state index >= 15 is 0 Å². The number of nitrogen functional groups attached to an aromatic ring is 1. The summed E-state index contributed by atoms with van der Waals surface area (Å²) in [6, 6.07) is 8.24. The summed E-state index contributed by atoms with van der Waals surface area (Å²) in [5.41, 5.74) is 9.14. The van der Waals surface area contributed by atoms with Gasteiger partial charge in [0.2, 0.25) is 0 Å². The Hall–Kier alpha value is -3.82. The number of nitrogens with two attached hydrogens (primary N) is 1. The number of amides is 1. The largest absolute Gasteiger partial charge is 0.491 e. The van der Waals surface area contributed by atoms with Crippen LogP contribution in [0.25, 0.3) is 16.6 Å². The van der Waals surface area contributed by atoms with Crippen molar-refractivity contribution >= 4 is 28.3 Å². The zero-order chi connectivity index (χ0) is 23.8. The molecule has 1 saturated carbocycles. The SMILES string of the molecule is Cc1ncn2c1c(N)nc1ccc(C(=O)N(C3CC3)C3COc4cc(C(F)(F)F)ccc43)cc12. The number of ether oxygens (including phenoxy) is 1. The molecule has 0 spiro atoms. The summed E-state index contributed by atoms with van der Waals surface area (Å²) >= 11 is 0. The lowest BCUT2D eigenvalue weighted by Gasteiger charge is -2.28. The molecule has 6 rings (SSSR count). The third-order valence-electron chi connectivity index (χ3n) is 6.52. The van der Waals surface area contributed by atoms with Gasteiger partial charge in [-0.1, -0.05) is 6.07 Å². The summed E-state index contributed by atoms with van der Waals surface area (Å²) in [6.45, 7) is 1.96. The molecular weight excluding hydrogens is 447 g/mol. The van der Waals surface area contributed by atoms with Gasteiger partial charge >= 0.3 is 6.18 Å². The van der Waals surface area contributed by atoms with Crippen molar-refractivity contribution in [2.24, 2.45) is 0 Å². The van der Waals surface area contributed by atoms with Crippen molar-refractivity contribution in [1.82, 2.24) is 19.3 Å². The molecule has 1 atom stereocenters. The molecule has 2 aliphatic rings. The van der Waals surface area contributed by atoms with Crippen LogP contribution in [0.1, 0.15) is 46.1 Å². The Morgan fingerprint density at radius 3 is 2.74 bits per heavy atom. The van der Waals surface area contributed by atoms with Crippen LogP contribution in [0.2, 0.25) is 0 Å². The van der Waals surface area contributed by atoms with E-state index in [0.717, 1.165) is 30.7 Å². The van der Waals surface area contributed by atoms with E-state index in [4.69, 9.17) is 10.5 Å². The van der Waals surface area contributed by atoms with Crippen LogP contribution >= 0.6 is 0 Å². The van der Waals surface area contributed by atoms with Crippen molar-refractivity contribution < 1.29 is 22.7 Å². The molecule has 2 N–H and O–H groups in total. The summed E-state index contributed by atoms with van der Waals surface area (Å²) in [5.74, 6) is 0.332. The van der Waals surface area contributed by atoms with E-state index < -0.39 is 17.8 Å². The second kappa shape index (κ2) is 7.09. The Labute approximate surface area is 192 Å². The fraction of sp³-hybridized carbons (Fsp3) is 0.292. The number of carbonyl (C=O) groups is 1. The average Bonchev–Trinajstić information content (AvgIpc) is 3.42. The second-order valence-electron chi connectivity index (χ2n) is 8.77. The number of hydrogen-bond acceptors (Lipinski definition) is 5. The summed E-state index contributed by atoms with van der Waals surface area (Å²) in [6.07, 6.45) is -1.12. The number of rotatable bonds is 3. The molecule has 1 unspecified atom stereocenters. The predicted molar refractivity (Wildman–Crippen MR) is 119 cm³/mol. The first kappa shape index (κ1) is 20.8. The highest BCUT2D eigenvalue weighted by Gasteiger charge is 2.43. The first-order valence-corrected chi connectivity index (χ1v) is 10.9. The van der Waals surface area contributed by atoms with Crippen molar-refractivity contribution in [3.63, 3.8) is 0 Å². The number of aromatic nitrogens is 3. The number of halogens is 3. The van der Waals surface area contributed by atoms with E-state index in [1.807, 2.05) is 11.3 Å². The second-order valence-corrected chi connectivity index (χ2v) is 8.77. The summed E-state index contributed by atoms with van der Waals surface area (Å²) < 4.78 is 46.8. The fourth-order valence-electron chi connectivity index (χ4n) is 4.72. The Bertz CT molecular complexity index is 1480. The molecule has 3 heterocycles. The molecule has 4 aromatic rings. The Kier molecular flexibility index (Phi) is 4.33. The molecule has 1 fully saturated rings. The van der Waals surface area contributed by atoms with Crippen LogP contribution in [-0.4, -0.2) is 37.8 Å². The van der Waals surface area contributed by atoms with Gasteiger partial charge in [0, 0.05) is 17.2 Å². The number of hydrogen-bond donors (Lipinski definition) is 1. The fourth-order valence-corrected chi connectivity index (χ4v) is 4.72. The van der Waals surface area contributed by atoms with Gasteiger partial charge in [-0.2, -0.15) is 13.2 Å². The minimum absolute atomic E-state index is 0.0186. The maximum absolute atomic E-state index is 13.7. The molecule has 0 bridgehead atoms. The number of imidazole rings is 1. The third kappa shape index (κ3) is 3.16. The van der Waals surface area contributed by atoms with E-state index in [1.54, 1.807) is 29.4 Å². The van der Waals surface area contributed by atoms with Gasteiger partial charge in [0.05, 0.1) is 28.3 Å². The van der Waals surface area contributed by atoms with Crippen LogP contribution in [0.4, 0.5) is 19.0 Å². The molecule has 1 aliphatic heterocycles. The number of alkyl halides is 3. The molecular formula is C24H20F3N5O2. The zero-order valence-electron chi connectivity index (χ0n) is 18.1. The normalized spacial score (nSPS) is 17.7. The van der Waals surface area contributed by atoms with Crippen LogP contribution < -0.4 is 10.5 Å². The smallest absolute Gasteiger partial charge is 0.416 e. The Morgan fingerprint density at radius 2 is 2.00 bits per heavy atom. The maximum Gasteiger partial charge on any atom is 0.416 e. The zero-order valence-corrected chi connectivity index (χ0v) is 18.1. The number of aryl methyl sites for hydroxylation is 1. The van der Waals surface area contributed by atoms with Gasteiger partial charge in [-0.25, -0.2) is 9.97 Å². The van der Waals surface area contributed by atoms with E-state index in [2.05, 4.69) is 9.97 Å². The van der Waals surface area contributed by atoms with E-state index in [9.17, 15) is 18.0 Å². The van der Waals surface area contributed by atoms with E-state index in [-0.39, 0.29) is 24.3 Å². The number of fused-ring (bicyclic) bond motifs is 4. The first-order chi connectivity index (χ1) is 16.2. The highest BCUT2D eigenvalue weighted by molar-refractivity contribution is 5.99. The summed E-state index contributed by atoms with van der Waals surface area (Å²) in [7, 11) is 0. The Balaban J connectivity index is 1.40. The van der Waals surface area contributed by atoms with Gasteiger partial charge in [-0.3, -0.25) is 9.20 Å². The third-order valence-corrected chi connectivity index (χ3v) is 6.52. The van der Waals surface area contributed by atoms with Crippen molar-refractivity contribution in [2.45, 2.75) is 38.0 Å². The van der Waals surface area contributed by atoms with E-state index in [0.29, 0.717) is 33.5 Å².